The summed E-state index contributed by atoms with van der Waals surface area (Å²) >= 11 is 6.09. The summed E-state index contributed by atoms with van der Waals surface area (Å²) in [7, 11) is -0.856. The van der Waals surface area contributed by atoms with Crippen LogP contribution >= 0.6 is 11.6 Å². The maximum atomic E-state index is 13.6. The van der Waals surface area contributed by atoms with Gasteiger partial charge in [0.15, 0.2) is 27.3 Å². The molecule has 36 heavy (non-hydrogen) atoms. The topological polar surface area (TPSA) is 122 Å². The molecular formula is C24H25ClN6O4S. The third-order valence-electron chi connectivity index (χ3n) is 5.61. The van der Waals surface area contributed by atoms with Crippen molar-refractivity contribution in [1.29, 1.82) is 0 Å². The predicted molar refractivity (Wildman–Crippen MR) is 135 cm³/mol. The number of hydrogen-bond donors (Lipinski definition) is 0. The minimum absolute atomic E-state index is 0.212. The van der Waals surface area contributed by atoms with Crippen molar-refractivity contribution in [3.05, 3.63) is 77.1 Å². The maximum Gasteiger partial charge on any atom is 0.213 e. The molecule has 0 aliphatic heterocycles. The van der Waals surface area contributed by atoms with Crippen molar-refractivity contribution in [3.63, 3.8) is 0 Å². The molecule has 0 saturated carbocycles. The summed E-state index contributed by atoms with van der Waals surface area (Å²) < 4.78 is 39.5. The lowest BCUT2D eigenvalue weighted by Crippen LogP contribution is -2.30. The van der Waals surface area contributed by atoms with Gasteiger partial charge in [-0.2, -0.15) is 0 Å². The van der Waals surface area contributed by atoms with E-state index in [9.17, 15) is 8.42 Å². The number of halogens is 1. The van der Waals surface area contributed by atoms with Gasteiger partial charge in [-0.15, -0.1) is 10.2 Å². The standard InChI is InChI=1S/C24H25ClN6O4S/c1-15-12-26-23(27-13-15)22(35-4)16(2)36(32,33)14-20-29-30-24(19-6-5-7-21(28-19)34-3)31(20)18-10-8-17(25)9-11-18/h5-13,16,22H,14H2,1-4H3/t16-,22-/m0/s1. The molecular weight excluding hydrogens is 504 g/mol. The summed E-state index contributed by atoms with van der Waals surface area (Å²) in [5.74, 6) is 0.851. The van der Waals surface area contributed by atoms with Gasteiger partial charge in [0.2, 0.25) is 5.88 Å². The van der Waals surface area contributed by atoms with Crippen molar-refractivity contribution in [3.8, 4) is 23.1 Å². The molecule has 0 aliphatic carbocycles. The lowest BCUT2D eigenvalue weighted by molar-refractivity contribution is 0.0947. The van der Waals surface area contributed by atoms with Crippen molar-refractivity contribution in [1.82, 2.24) is 29.7 Å². The molecule has 0 spiro atoms. The summed E-state index contributed by atoms with van der Waals surface area (Å²) in [5.41, 5.74) is 1.96. The van der Waals surface area contributed by atoms with Crippen molar-refractivity contribution < 1.29 is 17.9 Å². The van der Waals surface area contributed by atoms with Crippen LogP contribution in [0.2, 0.25) is 5.02 Å². The highest BCUT2D eigenvalue weighted by molar-refractivity contribution is 7.91. The molecule has 4 aromatic rings. The summed E-state index contributed by atoms with van der Waals surface area (Å²) in [4.78, 5) is 13.0. The van der Waals surface area contributed by atoms with Crippen LogP contribution in [0.25, 0.3) is 17.2 Å². The third-order valence-corrected chi connectivity index (χ3v) is 7.90. The minimum Gasteiger partial charge on any atom is -0.481 e. The number of hydrogen-bond acceptors (Lipinski definition) is 9. The van der Waals surface area contributed by atoms with E-state index in [0.717, 1.165) is 5.56 Å². The van der Waals surface area contributed by atoms with Gasteiger partial charge in [-0.1, -0.05) is 17.7 Å². The van der Waals surface area contributed by atoms with Crippen LogP contribution < -0.4 is 4.74 Å². The predicted octanol–water partition coefficient (Wildman–Crippen LogP) is 3.78. The average molecular weight is 529 g/mol. The van der Waals surface area contributed by atoms with Gasteiger partial charge in [-0.25, -0.2) is 23.4 Å². The summed E-state index contributed by atoms with van der Waals surface area (Å²) in [6.45, 7) is 3.42. The van der Waals surface area contributed by atoms with Gasteiger partial charge < -0.3 is 9.47 Å². The molecule has 188 valence electrons. The number of sulfone groups is 1. The quantitative estimate of drug-likeness (QED) is 0.319. The number of nitrogens with zero attached hydrogens (tertiary/aromatic N) is 6. The molecule has 12 heteroatoms. The van der Waals surface area contributed by atoms with Crippen LogP contribution in [-0.2, 0) is 20.3 Å². The fourth-order valence-electron chi connectivity index (χ4n) is 3.65. The molecule has 0 fully saturated rings. The van der Waals surface area contributed by atoms with E-state index >= 15 is 0 Å². The second-order valence-corrected chi connectivity index (χ2v) is 10.9. The Labute approximate surface area is 214 Å². The van der Waals surface area contributed by atoms with Crippen LogP contribution in [0.5, 0.6) is 5.88 Å². The highest BCUT2D eigenvalue weighted by Crippen LogP contribution is 2.28. The van der Waals surface area contributed by atoms with E-state index in [1.807, 2.05) is 6.92 Å². The molecule has 0 N–H and O–H groups in total. The van der Waals surface area contributed by atoms with Crippen LogP contribution in [0.3, 0.4) is 0 Å². The van der Waals surface area contributed by atoms with Crippen LogP contribution in [-0.4, -0.2) is 57.6 Å². The van der Waals surface area contributed by atoms with Crippen molar-refractivity contribution >= 4 is 21.4 Å². The number of ether oxygens (including phenoxy) is 2. The Morgan fingerprint density at radius 1 is 1.03 bits per heavy atom. The van der Waals surface area contributed by atoms with E-state index in [1.54, 1.807) is 66.3 Å². The van der Waals surface area contributed by atoms with Gasteiger partial charge in [0.25, 0.3) is 0 Å². The molecule has 0 unspecified atom stereocenters. The Hall–Kier alpha value is -3.41. The zero-order chi connectivity index (χ0) is 25.9. The average Bonchev–Trinajstić information content (AvgIpc) is 3.28. The molecule has 0 bridgehead atoms. The second-order valence-electron chi connectivity index (χ2n) is 8.10. The number of pyridine rings is 1. The van der Waals surface area contributed by atoms with Crippen molar-refractivity contribution in [2.24, 2.45) is 0 Å². The van der Waals surface area contributed by atoms with E-state index in [1.165, 1.54) is 14.2 Å². The Balaban J connectivity index is 1.75. The second kappa shape index (κ2) is 10.7. The van der Waals surface area contributed by atoms with E-state index in [0.29, 0.717) is 33.9 Å². The molecule has 0 amide bonds. The third kappa shape index (κ3) is 5.38. The molecule has 4 rings (SSSR count). The Kier molecular flexibility index (Phi) is 7.62. The minimum atomic E-state index is -3.80. The molecule has 3 aromatic heterocycles. The van der Waals surface area contributed by atoms with Crippen molar-refractivity contribution in [2.45, 2.75) is 31.0 Å². The van der Waals surface area contributed by atoms with Gasteiger partial charge in [0.1, 0.15) is 17.6 Å². The Morgan fingerprint density at radius 3 is 2.36 bits per heavy atom. The fraction of sp³-hybridized carbons (Fsp3) is 0.292. The van der Waals surface area contributed by atoms with Gasteiger partial charge in [-0.05, 0) is 49.7 Å². The van der Waals surface area contributed by atoms with Gasteiger partial charge in [-0.3, -0.25) is 4.57 Å². The molecule has 10 nitrogen and oxygen atoms in total. The van der Waals surface area contributed by atoms with Crippen LogP contribution in [0, 0.1) is 6.92 Å². The number of methoxy groups -OCH3 is 2. The molecule has 1 aromatic carbocycles. The maximum absolute atomic E-state index is 13.6. The molecule has 0 saturated heterocycles. The van der Waals surface area contributed by atoms with Gasteiger partial charge in [0, 0.05) is 36.3 Å². The SMILES string of the molecule is COc1cccc(-c2nnc(CS(=O)(=O)[C@@H](C)[C@H](OC)c3ncc(C)cn3)n2-c2ccc(Cl)cc2)n1. The normalized spacial score (nSPS) is 13.4. The summed E-state index contributed by atoms with van der Waals surface area (Å²) in [6.07, 6.45) is 2.39. The van der Waals surface area contributed by atoms with Crippen LogP contribution in [0.15, 0.2) is 54.9 Å². The molecule has 0 radical (unpaired) electrons. The molecule has 2 atom stereocenters. The number of aryl methyl sites for hydroxylation is 1. The fourth-order valence-corrected chi connectivity index (χ4v) is 5.19. The largest absolute Gasteiger partial charge is 0.481 e. The summed E-state index contributed by atoms with van der Waals surface area (Å²) in [5, 5.41) is 8.09. The Bertz CT molecular complexity index is 1440. The van der Waals surface area contributed by atoms with Crippen molar-refractivity contribution in [2.75, 3.05) is 14.2 Å². The number of aromatic nitrogens is 6. The first-order valence-corrected chi connectivity index (χ1v) is 13.1. The zero-order valence-electron chi connectivity index (χ0n) is 20.2. The first-order chi connectivity index (χ1) is 17.2. The molecule has 0 aliphatic rings. The van der Waals surface area contributed by atoms with Gasteiger partial charge >= 0.3 is 0 Å². The first-order valence-electron chi connectivity index (χ1n) is 11.0. The van der Waals surface area contributed by atoms with Crippen LogP contribution in [0.1, 0.15) is 30.2 Å². The highest BCUT2D eigenvalue weighted by atomic mass is 35.5. The lowest BCUT2D eigenvalue weighted by Gasteiger charge is -2.21. The van der Waals surface area contributed by atoms with Gasteiger partial charge in [0.05, 0.1) is 12.4 Å². The Morgan fingerprint density at radius 2 is 1.72 bits per heavy atom. The smallest absolute Gasteiger partial charge is 0.213 e. The monoisotopic (exact) mass is 528 g/mol. The van der Waals surface area contributed by atoms with E-state index in [4.69, 9.17) is 21.1 Å². The first kappa shape index (κ1) is 25.7. The zero-order valence-corrected chi connectivity index (χ0v) is 21.7. The number of benzene rings is 1. The highest BCUT2D eigenvalue weighted by Gasteiger charge is 2.34. The molecule has 3 heterocycles. The van der Waals surface area contributed by atoms with E-state index < -0.39 is 26.9 Å². The van der Waals surface area contributed by atoms with E-state index in [2.05, 4.69) is 25.1 Å². The van der Waals surface area contributed by atoms with E-state index in [-0.39, 0.29) is 5.82 Å². The number of rotatable bonds is 9. The summed E-state index contributed by atoms with van der Waals surface area (Å²) in [6, 6.07) is 12.1. The lowest BCUT2D eigenvalue weighted by atomic mass is 10.2. The van der Waals surface area contributed by atoms with Crippen LogP contribution in [0.4, 0.5) is 0 Å².